The van der Waals surface area contributed by atoms with Gasteiger partial charge in [0.05, 0.1) is 29.7 Å². The number of benzene rings is 2. The molecule has 3 heterocycles. The molecule has 1 N–H and O–H groups in total. The number of aromatic hydroxyl groups is 1. The number of ether oxygens (including phenoxy) is 1. The number of nitrogens with zero attached hydrogens (tertiary/aromatic N) is 4. The van der Waals surface area contributed by atoms with Crippen LogP contribution in [0.4, 0.5) is 29.1 Å². The largest absolute Gasteiger partial charge is 0.508 e. The molecule has 266 valence electrons. The zero-order valence-corrected chi connectivity index (χ0v) is 28.7. The molecule has 4 aliphatic rings. The van der Waals surface area contributed by atoms with Crippen LogP contribution in [0.25, 0.3) is 0 Å². The van der Waals surface area contributed by atoms with Crippen LogP contribution in [0.1, 0.15) is 30.0 Å². The zero-order valence-electron chi connectivity index (χ0n) is 26.4. The van der Waals surface area contributed by atoms with E-state index < -0.39 is 87.0 Å². The third-order valence-electron chi connectivity index (χ3n) is 10.1. The second-order valence-corrected chi connectivity index (χ2v) is 14.3. The van der Waals surface area contributed by atoms with Crippen molar-refractivity contribution >= 4 is 69.9 Å². The lowest BCUT2D eigenvalue weighted by Crippen LogP contribution is -2.60. The van der Waals surface area contributed by atoms with Gasteiger partial charge in [0.1, 0.15) is 23.0 Å². The molecule has 3 fully saturated rings. The number of aromatic nitrogens is 1. The Bertz CT molecular complexity index is 2070. The Hall–Kier alpha value is -4.40. The predicted molar refractivity (Wildman–Crippen MR) is 176 cm³/mol. The molecule has 0 unspecified atom stereocenters. The van der Waals surface area contributed by atoms with Crippen LogP contribution in [0.2, 0.25) is 5.02 Å². The van der Waals surface area contributed by atoms with Gasteiger partial charge in [-0.05, 0) is 73.4 Å². The predicted octanol–water partition coefficient (Wildman–Crippen LogP) is 6.22. The van der Waals surface area contributed by atoms with Crippen molar-refractivity contribution in [2.45, 2.75) is 34.7 Å². The number of allylic oxidation sites excluding steroid dienone is 2. The molecule has 6 atom stereocenters. The number of pyridine rings is 1. The highest BCUT2D eigenvalue weighted by Gasteiger charge is 2.77. The molecule has 0 bridgehead atoms. The first kappa shape index (κ1) is 35.0. The molecule has 1 saturated carbocycles. The molecule has 0 spiro atoms. The van der Waals surface area contributed by atoms with Gasteiger partial charge in [-0.25, -0.2) is 14.3 Å². The third kappa shape index (κ3) is 4.93. The summed E-state index contributed by atoms with van der Waals surface area (Å²) in [4.78, 5) is 56.9. The molecule has 51 heavy (non-hydrogen) atoms. The standard InChI is InChI=1S/C34H25Cl3F4N4O6/c1-43(27-22(35)10-12-24(42-27)34(39,40)41)45-28(47)19-9-8-18-21(25(19)29(45)48)14-32(36)30(49)44(16-5-3-15(38)4-6-16)31(50)33(32,37)26(18)20-13-17(51-2)7-11-23(20)46/h3-8,10-13,19,21,25-26,46H,9,14H2,1-2H3/t19-,21+,25-,26+,32+,33-/m0/s1. The molecule has 17 heteroatoms. The van der Waals surface area contributed by atoms with Gasteiger partial charge in [0.2, 0.25) is 0 Å². The van der Waals surface area contributed by atoms with Crippen LogP contribution in [-0.2, 0) is 25.4 Å². The molecule has 2 saturated heterocycles. The molecule has 2 aliphatic heterocycles. The minimum absolute atomic E-state index is 0.0327. The van der Waals surface area contributed by atoms with E-state index in [4.69, 9.17) is 39.5 Å². The summed E-state index contributed by atoms with van der Waals surface area (Å²) in [5.74, 6) is -9.53. The summed E-state index contributed by atoms with van der Waals surface area (Å²) >= 11 is 20.8. The maximum Gasteiger partial charge on any atom is 0.433 e. The van der Waals surface area contributed by atoms with Gasteiger partial charge in [0, 0.05) is 18.5 Å². The normalized spacial score (nSPS) is 28.8. The number of imide groups is 2. The van der Waals surface area contributed by atoms with E-state index in [0.29, 0.717) is 16.6 Å². The number of methoxy groups -OCH3 is 1. The van der Waals surface area contributed by atoms with Gasteiger partial charge in [0.25, 0.3) is 23.6 Å². The Morgan fingerprint density at radius 3 is 2.31 bits per heavy atom. The molecule has 1 aromatic heterocycles. The average molecular weight is 768 g/mol. The summed E-state index contributed by atoms with van der Waals surface area (Å²) < 4.78 is 59.9. The minimum Gasteiger partial charge on any atom is -0.508 e. The Kier molecular flexibility index (Phi) is 8.12. The van der Waals surface area contributed by atoms with Crippen LogP contribution >= 0.6 is 34.8 Å². The van der Waals surface area contributed by atoms with Crippen LogP contribution in [0.15, 0.2) is 66.2 Å². The van der Waals surface area contributed by atoms with E-state index in [1.807, 2.05) is 0 Å². The van der Waals surface area contributed by atoms with Gasteiger partial charge in [-0.15, -0.1) is 23.2 Å². The number of rotatable bonds is 5. The molecule has 2 aliphatic carbocycles. The number of carbonyl (C=O) groups excluding carboxylic acids is 4. The van der Waals surface area contributed by atoms with Crippen molar-refractivity contribution in [1.29, 1.82) is 0 Å². The van der Waals surface area contributed by atoms with Crippen LogP contribution in [0.3, 0.4) is 0 Å². The highest BCUT2D eigenvalue weighted by atomic mass is 35.5. The van der Waals surface area contributed by atoms with Gasteiger partial charge in [-0.3, -0.25) is 24.2 Å². The number of phenolic OH excluding ortho intramolecular Hbond substituents is 1. The summed E-state index contributed by atoms with van der Waals surface area (Å²) in [6.45, 7) is 0. The van der Waals surface area contributed by atoms with Crippen LogP contribution < -0.4 is 14.6 Å². The highest BCUT2D eigenvalue weighted by Crippen LogP contribution is 2.66. The highest BCUT2D eigenvalue weighted by molar-refractivity contribution is 6.58. The number of hydrazine groups is 1. The Morgan fingerprint density at radius 2 is 1.67 bits per heavy atom. The van der Waals surface area contributed by atoms with E-state index >= 15 is 0 Å². The molecule has 10 nitrogen and oxygen atoms in total. The van der Waals surface area contributed by atoms with E-state index in [2.05, 4.69) is 4.98 Å². The Balaban J connectivity index is 1.37. The monoisotopic (exact) mass is 766 g/mol. The molecule has 7 rings (SSSR count). The van der Waals surface area contributed by atoms with Gasteiger partial charge < -0.3 is 9.84 Å². The van der Waals surface area contributed by atoms with E-state index in [9.17, 15) is 41.8 Å². The summed E-state index contributed by atoms with van der Waals surface area (Å²) in [7, 11) is 2.53. The van der Waals surface area contributed by atoms with E-state index in [1.54, 1.807) is 6.08 Å². The van der Waals surface area contributed by atoms with Crippen LogP contribution in [0, 0.1) is 23.6 Å². The maximum absolute atomic E-state index is 14.5. The fourth-order valence-electron chi connectivity index (χ4n) is 7.83. The van der Waals surface area contributed by atoms with Crippen molar-refractivity contribution < 1.29 is 46.6 Å². The number of carbonyl (C=O) groups is 4. The van der Waals surface area contributed by atoms with Crippen LogP contribution in [-0.4, -0.2) is 62.6 Å². The van der Waals surface area contributed by atoms with Crippen molar-refractivity contribution in [3.05, 3.63) is 88.3 Å². The van der Waals surface area contributed by atoms with Gasteiger partial charge >= 0.3 is 6.18 Å². The minimum atomic E-state index is -4.86. The molecular formula is C34H25Cl3F4N4O6. The maximum atomic E-state index is 14.5. The summed E-state index contributed by atoms with van der Waals surface area (Å²) in [6.07, 6.45) is -3.76. The topological polar surface area (TPSA) is 120 Å². The smallest absolute Gasteiger partial charge is 0.433 e. The zero-order chi connectivity index (χ0) is 36.9. The number of fused-ring (bicyclic) bond motifs is 4. The van der Waals surface area contributed by atoms with E-state index in [0.717, 1.165) is 28.1 Å². The fourth-order valence-corrected chi connectivity index (χ4v) is 8.98. The number of alkyl halides is 5. The van der Waals surface area contributed by atoms with Crippen molar-refractivity contribution in [2.75, 3.05) is 24.1 Å². The Morgan fingerprint density at radius 1 is 0.980 bits per heavy atom. The van der Waals surface area contributed by atoms with Crippen molar-refractivity contribution in [3.8, 4) is 11.5 Å². The first-order chi connectivity index (χ1) is 23.9. The Labute approximate surface area is 302 Å². The quantitative estimate of drug-likeness (QED) is 0.141. The van der Waals surface area contributed by atoms with E-state index in [1.165, 1.54) is 44.5 Å². The SMILES string of the molecule is COc1ccc(O)c([C@H]2C3=CC[C@@H]4C(=O)N(N(C)c5nc(C(F)(F)F)ccc5Cl)C(=O)[C@@H]4[C@@H]3C[C@@]3(Cl)C(=O)N(c4ccc(F)cc4)C(=O)[C@@]23Cl)c1. The molecule has 0 radical (unpaired) electrons. The van der Waals surface area contributed by atoms with Gasteiger partial charge in [-0.1, -0.05) is 23.3 Å². The van der Waals surface area contributed by atoms with Crippen molar-refractivity contribution in [2.24, 2.45) is 17.8 Å². The first-order valence-corrected chi connectivity index (χ1v) is 16.5. The number of hydrogen-bond donors (Lipinski definition) is 1. The number of halogens is 7. The molecular weight excluding hydrogens is 743 g/mol. The average Bonchev–Trinajstić information content (AvgIpc) is 3.42. The van der Waals surface area contributed by atoms with Crippen molar-refractivity contribution in [1.82, 2.24) is 9.99 Å². The molecule has 2 aromatic carbocycles. The first-order valence-electron chi connectivity index (χ1n) is 15.4. The lowest BCUT2D eigenvalue weighted by molar-refractivity contribution is -0.141. The molecule has 3 aromatic rings. The molecule has 4 amide bonds. The summed E-state index contributed by atoms with van der Waals surface area (Å²) in [6, 6.07) is 10.2. The summed E-state index contributed by atoms with van der Waals surface area (Å²) in [5.41, 5.74) is -0.972. The number of anilines is 2. The van der Waals surface area contributed by atoms with Gasteiger partial charge in [-0.2, -0.15) is 18.2 Å². The van der Waals surface area contributed by atoms with Gasteiger partial charge in [0.15, 0.2) is 15.6 Å². The number of phenols is 1. The van der Waals surface area contributed by atoms with Crippen LogP contribution in [0.5, 0.6) is 11.5 Å². The lowest BCUT2D eigenvalue weighted by Gasteiger charge is -2.50. The van der Waals surface area contributed by atoms with E-state index in [-0.39, 0.29) is 34.2 Å². The van der Waals surface area contributed by atoms with Crippen molar-refractivity contribution in [3.63, 3.8) is 0 Å². The number of amides is 4. The second-order valence-electron chi connectivity index (χ2n) is 12.7. The number of hydrogen-bond acceptors (Lipinski definition) is 8. The second kappa shape index (κ2) is 11.8. The lowest BCUT2D eigenvalue weighted by atomic mass is 9.56. The summed E-state index contributed by atoms with van der Waals surface area (Å²) in [5, 5.41) is 12.4. The fraction of sp³-hybridized carbons (Fsp3) is 0.324. The third-order valence-corrected chi connectivity index (χ3v) is 11.9.